The summed E-state index contributed by atoms with van der Waals surface area (Å²) >= 11 is 0. The molecule has 1 aromatic carbocycles. The van der Waals surface area contributed by atoms with Crippen LogP contribution in [0.2, 0.25) is 0 Å². The Balaban J connectivity index is 2.74. The van der Waals surface area contributed by atoms with E-state index in [-0.39, 0.29) is 12.3 Å². The molecule has 1 aliphatic heterocycles. The number of ketones is 1. The lowest BCUT2D eigenvalue weighted by atomic mass is 10.1. The Morgan fingerprint density at radius 2 is 2.12 bits per heavy atom. The minimum absolute atomic E-state index is 0.281. The Morgan fingerprint density at radius 1 is 1.41 bits per heavy atom. The van der Waals surface area contributed by atoms with E-state index in [1.54, 1.807) is 25.1 Å². The van der Waals surface area contributed by atoms with Crippen LogP contribution in [0.3, 0.4) is 0 Å². The average Bonchev–Trinajstić information content (AvgIpc) is 2.27. The zero-order valence-corrected chi connectivity index (χ0v) is 10.5. The van der Waals surface area contributed by atoms with Crippen molar-refractivity contribution in [2.24, 2.45) is 0 Å². The highest BCUT2D eigenvalue weighted by molar-refractivity contribution is 7.93. The first-order chi connectivity index (χ1) is 8.01. The van der Waals surface area contributed by atoms with Crippen LogP contribution in [0.25, 0.3) is 0 Å². The Hall–Kier alpha value is -1.56. The number of carbonyl (C=O) groups is 1. The quantitative estimate of drug-likeness (QED) is 0.792. The topological polar surface area (TPSA) is 63.7 Å². The number of methoxy groups -OCH3 is 1. The maximum absolute atomic E-state index is 11.9. The molecular formula is C11H13NO4S. The number of fused-ring (bicyclic) bond motifs is 1. The molecule has 0 aromatic heterocycles. The lowest BCUT2D eigenvalue weighted by molar-refractivity contribution is 0.101. The number of hydrogen-bond acceptors (Lipinski definition) is 4. The molecule has 0 N–H and O–H groups in total. The SMILES string of the molecule is CCN1c2c(OC)cccc2C(=O)CS1(=O)=O. The summed E-state index contributed by atoms with van der Waals surface area (Å²) in [6.07, 6.45) is 0. The molecule has 0 spiro atoms. The molecule has 0 unspecified atom stereocenters. The first-order valence-corrected chi connectivity index (χ1v) is 6.82. The van der Waals surface area contributed by atoms with Crippen molar-refractivity contribution in [2.75, 3.05) is 23.7 Å². The summed E-state index contributed by atoms with van der Waals surface area (Å²) in [5.41, 5.74) is 0.759. The molecule has 0 amide bonds. The van der Waals surface area contributed by atoms with Gasteiger partial charge in [-0.3, -0.25) is 9.10 Å². The van der Waals surface area contributed by atoms with Crippen LogP contribution in [0, 0.1) is 0 Å². The van der Waals surface area contributed by atoms with Gasteiger partial charge in [0.25, 0.3) is 0 Å². The molecule has 0 saturated heterocycles. The summed E-state index contributed by atoms with van der Waals surface area (Å²) in [5.74, 6) is -0.453. The molecule has 2 rings (SSSR count). The van der Waals surface area contributed by atoms with Crippen LogP contribution < -0.4 is 9.04 Å². The van der Waals surface area contributed by atoms with Crippen molar-refractivity contribution in [3.63, 3.8) is 0 Å². The molecule has 6 heteroatoms. The summed E-state index contributed by atoms with van der Waals surface area (Å²) in [6, 6.07) is 4.95. The van der Waals surface area contributed by atoms with E-state index in [9.17, 15) is 13.2 Å². The van der Waals surface area contributed by atoms with Gasteiger partial charge in [0.2, 0.25) is 10.0 Å². The van der Waals surface area contributed by atoms with Crippen molar-refractivity contribution in [3.05, 3.63) is 23.8 Å². The summed E-state index contributed by atoms with van der Waals surface area (Å²) in [7, 11) is -2.11. The Kier molecular flexibility index (Phi) is 2.82. The average molecular weight is 255 g/mol. The van der Waals surface area contributed by atoms with E-state index >= 15 is 0 Å². The Bertz CT molecular complexity index is 565. The molecule has 0 fully saturated rings. The minimum Gasteiger partial charge on any atom is -0.495 e. The second-order valence-corrected chi connectivity index (χ2v) is 5.59. The zero-order chi connectivity index (χ0) is 12.6. The van der Waals surface area contributed by atoms with Crippen LogP contribution >= 0.6 is 0 Å². The zero-order valence-electron chi connectivity index (χ0n) is 9.63. The standard InChI is InChI=1S/C11H13NO4S/c1-3-12-11-8(5-4-6-10(11)16-2)9(13)7-17(12,14)15/h4-6H,3,7H2,1-2H3. The number of ether oxygens (including phenoxy) is 1. The largest absolute Gasteiger partial charge is 0.495 e. The molecule has 0 radical (unpaired) electrons. The third kappa shape index (κ3) is 1.78. The van der Waals surface area contributed by atoms with E-state index in [4.69, 9.17) is 4.74 Å². The van der Waals surface area contributed by atoms with Crippen molar-refractivity contribution < 1.29 is 17.9 Å². The molecule has 1 aromatic rings. The predicted octanol–water partition coefficient (Wildman–Crippen LogP) is 1.05. The molecule has 92 valence electrons. The lowest BCUT2D eigenvalue weighted by Gasteiger charge is -2.30. The maximum atomic E-state index is 11.9. The van der Waals surface area contributed by atoms with Gasteiger partial charge in [-0.25, -0.2) is 8.42 Å². The van der Waals surface area contributed by atoms with Crippen molar-refractivity contribution in [3.8, 4) is 5.75 Å². The molecule has 1 heterocycles. The van der Waals surface area contributed by atoms with Crippen molar-refractivity contribution >= 4 is 21.5 Å². The normalized spacial score (nSPS) is 17.8. The number of benzene rings is 1. The molecule has 0 atom stereocenters. The molecule has 5 nitrogen and oxygen atoms in total. The van der Waals surface area contributed by atoms with Crippen LogP contribution in [0.4, 0.5) is 5.69 Å². The molecule has 17 heavy (non-hydrogen) atoms. The van der Waals surface area contributed by atoms with Gasteiger partial charge in [0, 0.05) is 12.1 Å². The van der Waals surface area contributed by atoms with E-state index in [1.165, 1.54) is 11.4 Å². The van der Waals surface area contributed by atoms with Gasteiger partial charge < -0.3 is 4.74 Å². The first-order valence-electron chi connectivity index (χ1n) is 5.22. The van der Waals surface area contributed by atoms with Gasteiger partial charge in [0.15, 0.2) is 5.78 Å². The van der Waals surface area contributed by atoms with E-state index in [1.807, 2.05) is 0 Å². The molecule has 0 aliphatic carbocycles. The minimum atomic E-state index is -3.56. The van der Waals surface area contributed by atoms with Crippen LogP contribution in [0.5, 0.6) is 5.75 Å². The number of Topliss-reactive ketones (excluding diaryl/α,β-unsaturated/α-hetero) is 1. The molecule has 0 bridgehead atoms. The second-order valence-electron chi connectivity index (χ2n) is 3.70. The summed E-state index contributed by atoms with van der Waals surface area (Å²) in [5, 5.41) is 0. The van der Waals surface area contributed by atoms with Gasteiger partial charge in [-0.1, -0.05) is 6.07 Å². The third-order valence-electron chi connectivity index (χ3n) is 2.71. The van der Waals surface area contributed by atoms with Crippen molar-refractivity contribution in [1.82, 2.24) is 0 Å². The summed E-state index contributed by atoms with van der Waals surface area (Å²) < 4.78 is 30.2. The molecular weight excluding hydrogens is 242 g/mol. The molecule has 1 aliphatic rings. The number of anilines is 1. The second kappa shape index (κ2) is 4.03. The van der Waals surface area contributed by atoms with Gasteiger partial charge >= 0.3 is 0 Å². The van der Waals surface area contributed by atoms with Gasteiger partial charge in [-0.15, -0.1) is 0 Å². The van der Waals surface area contributed by atoms with E-state index in [0.29, 0.717) is 17.0 Å². The summed E-state index contributed by atoms with van der Waals surface area (Å²) in [6.45, 7) is 2.01. The number of carbonyl (C=O) groups excluding carboxylic acids is 1. The number of rotatable bonds is 2. The fourth-order valence-corrected chi connectivity index (χ4v) is 3.49. The number of para-hydroxylation sites is 1. The highest BCUT2D eigenvalue weighted by Gasteiger charge is 2.35. The number of nitrogens with zero attached hydrogens (tertiary/aromatic N) is 1. The van der Waals surface area contributed by atoms with Crippen LogP contribution in [0.15, 0.2) is 18.2 Å². The predicted molar refractivity (Wildman–Crippen MR) is 64.1 cm³/mol. The van der Waals surface area contributed by atoms with E-state index < -0.39 is 15.8 Å². The van der Waals surface area contributed by atoms with Crippen molar-refractivity contribution in [2.45, 2.75) is 6.92 Å². The van der Waals surface area contributed by atoms with Crippen LogP contribution in [0.1, 0.15) is 17.3 Å². The first kappa shape index (κ1) is 11.9. The van der Waals surface area contributed by atoms with Crippen molar-refractivity contribution in [1.29, 1.82) is 0 Å². The Labute approximate surface area is 100 Å². The van der Waals surface area contributed by atoms with Gasteiger partial charge in [0.1, 0.15) is 17.2 Å². The van der Waals surface area contributed by atoms with Gasteiger partial charge in [-0.2, -0.15) is 0 Å². The lowest BCUT2D eigenvalue weighted by Crippen LogP contribution is -2.40. The Morgan fingerprint density at radius 3 is 2.71 bits per heavy atom. The highest BCUT2D eigenvalue weighted by Crippen LogP contribution is 2.37. The molecule has 0 saturated carbocycles. The smallest absolute Gasteiger partial charge is 0.242 e. The summed E-state index contributed by atoms with van der Waals surface area (Å²) in [4.78, 5) is 11.8. The third-order valence-corrected chi connectivity index (χ3v) is 4.44. The number of hydrogen-bond donors (Lipinski definition) is 0. The fourth-order valence-electron chi connectivity index (χ4n) is 1.98. The van der Waals surface area contributed by atoms with Crippen LogP contribution in [-0.4, -0.2) is 33.6 Å². The van der Waals surface area contributed by atoms with Gasteiger partial charge in [0.05, 0.1) is 7.11 Å². The number of sulfonamides is 1. The maximum Gasteiger partial charge on any atom is 0.242 e. The van der Waals surface area contributed by atoms with Gasteiger partial charge in [-0.05, 0) is 19.1 Å². The fraction of sp³-hybridized carbons (Fsp3) is 0.364. The monoisotopic (exact) mass is 255 g/mol. The van der Waals surface area contributed by atoms with E-state index in [0.717, 1.165) is 0 Å². The van der Waals surface area contributed by atoms with Crippen LogP contribution in [-0.2, 0) is 10.0 Å². The van der Waals surface area contributed by atoms with E-state index in [2.05, 4.69) is 0 Å². The highest BCUT2D eigenvalue weighted by atomic mass is 32.2.